The summed E-state index contributed by atoms with van der Waals surface area (Å²) in [6.07, 6.45) is 1.40. The lowest BCUT2D eigenvalue weighted by Crippen LogP contribution is -2.23. The Hall–Kier alpha value is -3.17. The van der Waals surface area contributed by atoms with Crippen LogP contribution in [0.2, 0.25) is 0 Å². The van der Waals surface area contributed by atoms with Crippen molar-refractivity contribution in [3.05, 3.63) is 70.0 Å². The Kier molecular flexibility index (Phi) is 5.82. The number of aromatic amines is 1. The molecule has 7 nitrogen and oxygen atoms in total. The van der Waals surface area contributed by atoms with Crippen LogP contribution in [0.15, 0.2) is 68.5 Å². The fraction of sp³-hybridized carbons (Fsp3) is 0.143. The molecule has 1 atom stereocenters. The number of nitrogens with one attached hydrogen (secondary N) is 1. The molecule has 0 saturated carbocycles. The van der Waals surface area contributed by atoms with E-state index in [1.165, 1.54) is 24.7 Å². The van der Waals surface area contributed by atoms with Gasteiger partial charge in [0.25, 0.3) is 5.56 Å². The summed E-state index contributed by atoms with van der Waals surface area (Å²) in [5.74, 6) is -0.176. The third kappa shape index (κ3) is 4.07. The number of methoxy groups -OCH3 is 1. The Morgan fingerprint density at radius 1 is 1.23 bits per heavy atom. The van der Waals surface area contributed by atoms with E-state index in [1.807, 2.05) is 0 Å². The Labute approximate surface area is 179 Å². The van der Waals surface area contributed by atoms with Crippen LogP contribution in [0.25, 0.3) is 21.5 Å². The first-order chi connectivity index (χ1) is 14.6. The van der Waals surface area contributed by atoms with E-state index in [9.17, 15) is 14.4 Å². The molecule has 1 aromatic carbocycles. The molecule has 1 unspecified atom stereocenters. The van der Waals surface area contributed by atoms with Gasteiger partial charge >= 0.3 is 5.97 Å². The fourth-order valence-corrected chi connectivity index (χ4v) is 4.96. The van der Waals surface area contributed by atoms with E-state index < -0.39 is 11.2 Å². The number of aromatic nitrogens is 2. The van der Waals surface area contributed by atoms with E-state index >= 15 is 0 Å². The second kappa shape index (κ2) is 8.68. The van der Waals surface area contributed by atoms with E-state index in [0.717, 1.165) is 11.8 Å². The highest BCUT2D eigenvalue weighted by atomic mass is 32.2. The Bertz CT molecular complexity index is 1250. The number of furan rings is 1. The molecule has 0 radical (unpaired) electrons. The van der Waals surface area contributed by atoms with Crippen molar-refractivity contribution in [3.8, 4) is 11.3 Å². The second-order valence-corrected chi connectivity index (χ2v) is 8.34. The fourth-order valence-electron chi connectivity index (χ4n) is 2.94. The van der Waals surface area contributed by atoms with Crippen molar-refractivity contribution in [2.45, 2.75) is 16.8 Å². The quantitative estimate of drug-likeness (QED) is 0.199. The maximum Gasteiger partial charge on any atom is 0.307 e. The SMILES string of the molecule is COC(=O)CC(Sc1nc2scc(-c3ccco3)c2c(=O)[nH]1)C(=O)c1ccccc1. The Morgan fingerprint density at radius 2 is 2.03 bits per heavy atom. The molecular weight excluding hydrogens is 424 g/mol. The number of carbonyl (C=O) groups excluding carboxylic acids is 2. The van der Waals surface area contributed by atoms with Crippen molar-refractivity contribution in [2.24, 2.45) is 0 Å². The number of esters is 1. The first kappa shape index (κ1) is 20.1. The van der Waals surface area contributed by atoms with Crippen molar-refractivity contribution in [3.63, 3.8) is 0 Å². The molecule has 0 aliphatic heterocycles. The summed E-state index contributed by atoms with van der Waals surface area (Å²) >= 11 is 2.35. The van der Waals surface area contributed by atoms with E-state index in [-0.39, 0.29) is 22.9 Å². The van der Waals surface area contributed by atoms with Gasteiger partial charge in [-0.2, -0.15) is 0 Å². The number of carbonyl (C=O) groups is 2. The number of H-pyrrole nitrogens is 1. The first-order valence-electron chi connectivity index (χ1n) is 8.95. The number of thioether (sulfide) groups is 1. The van der Waals surface area contributed by atoms with Gasteiger partial charge in [0, 0.05) is 16.5 Å². The molecule has 0 fully saturated rings. The normalized spacial score (nSPS) is 12.0. The van der Waals surface area contributed by atoms with Gasteiger partial charge in [0.05, 0.1) is 30.4 Å². The van der Waals surface area contributed by atoms with E-state index in [1.54, 1.807) is 47.8 Å². The lowest BCUT2D eigenvalue weighted by atomic mass is 10.1. The lowest BCUT2D eigenvalue weighted by molar-refractivity contribution is -0.140. The van der Waals surface area contributed by atoms with Crippen LogP contribution in [-0.2, 0) is 9.53 Å². The van der Waals surface area contributed by atoms with Crippen LogP contribution in [0.4, 0.5) is 0 Å². The van der Waals surface area contributed by atoms with Crippen molar-refractivity contribution >= 4 is 45.1 Å². The molecular formula is C21H16N2O5S2. The standard InChI is InChI=1S/C21H16N2O5S2/c1-27-16(24)10-15(18(25)12-6-3-2-4-7-12)30-21-22-19(26)17-13(11-29-20(17)23-21)14-8-5-9-28-14/h2-9,11,15H,10H2,1H3,(H,22,23,26). The molecule has 30 heavy (non-hydrogen) atoms. The zero-order chi connectivity index (χ0) is 21.1. The van der Waals surface area contributed by atoms with Gasteiger partial charge in [-0.1, -0.05) is 42.1 Å². The number of ether oxygens (including phenoxy) is 1. The van der Waals surface area contributed by atoms with Gasteiger partial charge in [0.2, 0.25) is 0 Å². The predicted molar refractivity (Wildman–Crippen MR) is 115 cm³/mol. The number of ketones is 1. The third-order valence-electron chi connectivity index (χ3n) is 4.39. The van der Waals surface area contributed by atoms with E-state index in [4.69, 9.17) is 9.15 Å². The molecule has 3 aromatic heterocycles. The number of fused-ring (bicyclic) bond motifs is 1. The number of nitrogens with zero attached hydrogens (tertiary/aromatic N) is 1. The molecule has 0 amide bonds. The maximum absolute atomic E-state index is 13.0. The van der Waals surface area contributed by atoms with Crippen LogP contribution in [0.1, 0.15) is 16.8 Å². The second-order valence-electron chi connectivity index (χ2n) is 6.29. The number of rotatable bonds is 7. The van der Waals surface area contributed by atoms with Crippen LogP contribution in [0, 0.1) is 0 Å². The molecule has 0 spiro atoms. The van der Waals surface area contributed by atoms with Gasteiger partial charge in [-0.3, -0.25) is 14.4 Å². The number of benzene rings is 1. The monoisotopic (exact) mass is 440 g/mol. The molecule has 3 heterocycles. The number of hydrogen-bond acceptors (Lipinski definition) is 8. The van der Waals surface area contributed by atoms with Crippen LogP contribution < -0.4 is 5.56 Å². The van der Waals surface area contributed by atoms with Gasteiger partial charge in [-0.15, -0.1) is 11.3 Å². The number of Topliss-reactive ketones (excluding diaryl/α,β-unsaturated/α-hetero) is 1. The molecule has 4 aromatic rings. The highest BCUT2D eigenvalue weighted by Gasteiger charge is 2.26. The summed E-state index contributed by atoms with van der Waals surface area (Å²) in [4.78, 5) is 45.3. The van der Waals surface area contributed by atoms with Crippen LogP contribution in [0.3, 0.4) is 0 Å². The molecule has 4 rings (SSSR count). The van der Waals surface area contributed by atoms with E-state index in [0.29, 0.717) is 27.1 Å². The Morgan fingerprint density at radius 3 is 2.73 bits per heavy atom. The molecule has 0 aliphatic carbocycles. The highest BCUT2D eigenvalue weighted by Crippen LogP contribution is 2.33. The van der Waals surface area contributed by atoms with Gasteiger partial charge in [-0.25, -0.2) is 4.98 Å². The highest BCUT2D eigenvalue weighted by molar-refractivity contribution is 8.00. The van der Waals surface area contributed by atoms with Gasteiger partial charge in [0.1, 0.15) is 10.6 Å². The molecule has 0 aliphatic rings. The average molecular weight is 441 g/mol. The lowest BCUT2D eigenvalue weighted by Gasteiger charge is -2.14. The minimum absolute atomic E-state index is 0.140. The zero-order valence-corrected chi connectivity index (χ0v) is 17.4. The minimum atomic E-state index is -0.787. The summed E-state index contributed by atoms with van der Waals surface area (Å²) in [5, 5.41) is 1.71. The van der Waals surface area contributed by atoms with Crippen molar-refractivity contribution in [1.82, 2.24) is 9.97 Å². The average Bonchev–Trinajstić information content (AvgIpc) is 3.43. The number of hydrogen-bond donors (Lipinski definition) is 1. The summed E-state index contributed by atoms with van der Waals surface area (Å²) in [6, 6.07) is 12.2. The maximum atomic E-state index is 13.0. The minimum Gasteiger partial charge on any atom is -0.469 e. The molecule has 0 saturated heterocycles. The van der Waals surface area contributed by atoms with Gasteiger partial charge in [0.15, 0.2) is 10.9 Å². The molecule has 1 N–H and O–H groups in total. The Balaban J connectivity index is 1.68. The summed E-state index contributed by atoms with van der Waals surface area (Å²) < 4.78 is 10.1. The number of thiophene rings is 1. The summed E-state index contributed by atoms with van der Waals surface area (Å²) in [6.45, 7) is 0. The van der Waals surface area contributed by atoms with Crippen molar-refractivity contribution < 1.29 is 18.7 Å². The topological polar surface area (TPSA) is 102 Å². The van der Waals surface area contributed by atoms with Gasteiger partial charge < -0.3 is 14.1 Å². The van der Waals surface area contributed by atoms with Gasteiger partial charge in [-0.05, 0) is 12.1 Å². The van der Waals surface area contributed by atoms with E-state index in [2.05, 4.69) is 9.97 Å². The van der Waals surface area contributed by atoms with Crippen LogP contribution in [0.5, 0.6) is 0 Å². The largest absolute Gasteiger partial charge is 0.469 e. The molecule has 0 bridgehead atoms. The first-order valence-corrected chi connectivity index (χ1v) is 10.7. The van der Waals surface area contributed by atoms with Crippen molar-refractivity contribution in [2.75, 3.05) is 7.11 Å². The third-order valence-corrected chi connectivity index (χ3v) is 6.35. The van der Waals surface area contributed by atoms with Crippen LogP contribution >= 0.6 is 23.1 Å². The summed E-state index contributed by atoms with van der Waals surface area (Å²) in [5.41, 5.74) is 0.800. The predicted octanol–water partition coefficient (Wildman–Crippen LogP) is 4.15. The molecule has 152 valence electrons. The van der Waals surface area contributed by atoms with Crippen LogP contribution in [-0.4, -0.2) is 34.1 Å². The molecule has 9 heteroatoms. The van der Waals surface area contributed by atoms with Crippen molar-refractivity contribution in [1.29, 1.82) is 0 Å². The summed E-state index contributed by atoms with van der Waals surface area (Å²) in [7, 11) is 1.27. The zero-order valence-electron chi connectivity index (χ0n) is 15.8. The smallest absolute Gasteiger partial charge is 0.307 e.